The van der Waals surface area contributed by atoms with Gasteiger partial charge in [0.15, 0.2) is 0 Å². The molecule has 0 aromatic heterocycles. The van der Waals surface area contributed by atoms with Crippen LogP contribution < -0.4 is 0 Å². The number of hydrogen-bond acceptors (Lipinski definition) is 3. The maximum absolute atomic E-state index is 10.8. The Kier molecular flexibility index (Phi) is 2.70. The van der Waals surface area contributed by atoms with Gasteiger partial charge >= 0.3 is 0 Å². The molecule has 1 rings (SSSR count). The van der Waals surface area contributed by atoms with Gasteiger partial charge in [0.2, 0.25) is 0 Å². The van der Waals surface area contributed by atoms with Crippen LogP contribution in [0.25, 0.3) is 0 Å². The zero-order valence-corrected chi connectivity index (χ0v) is 8.98. The molecule has 0 fully saturated rings. The molecule has 0 atom stereocenters. The zero-order valence-electron chi connectivity index (χ0n) is 7.27. The summed E-state index contributed by atoms with van der Waals surface area (Å²) in [5.74, 6) is 0. The second kappa shape index (κ2) is 3.32. The Hall–Kier alpha value is -0.520. The van der Waals surface area contributed by atoms with Gasteiger partial charge in [-0.2, -0.15) is 8.42 Å². The average molecular weight is 218 g/mol. The van der Waals surface area contributed by atoms with Gasteiger partial charge < -0.3 is 0 Å². The molecule has 0 amide bonds. The lowest BCUT2D eigenvalue weighted by Crippen LogP contribution is -2.00. The van der Waals surface area contributed by atoms with Gasteiger partial charge in [-0.15, -0.1) is 12.6 Å². The van der Waals surface area contributed by atoms with Crippen LogP contribution in [0.5, 0.6) is 0 Å². The van der Waals surface area contributed by atoms with Crippen LogP contribution in [0, 0.1) is 13.8 Å². The van der Waals surface area contributed by atoms with Crippen molar-refractivity contribution in [1.82, 2.24) is 0 Å². The third-order valence-electron chi connectivity index (χ3n) is 1.85. The summed E-state index contributed by atoms with van der Waals surface area (Å²) < 4.78 is 30.5. The van der Waals surface area contributed by atoms with Crippen molar-refractivity contribution in [3.63, 3.8) is 0 Å². The Morgan fingerprint density at radius 1 is 1.23 bits per heavy atom. The van der Waals surface area contributed by atoms with E-state index in [-0.39, 0.29) is 9.79 Å². The van der Waals surface area contributed by atoms with Crippen molar-refractivity contribution in [3.05, 3.63) is 23.3 Å². The highest BCUT2D eigenvalue weighted by atomic mass is 32.2. The van der Waals surface area contributed by atoms with Gasteiger partial charge in [-0.25, -0.2) is 0 Å². The van der Waals surface area contributed by atoms with E-state index in [1.54, 1.807) is 13.0 Å². The number of rotatable bonds is 1. The lowest BCUT2D eigenvalue weighted by molar-refractivity contribution is 0.481. The first-order valence-corrected chi connectivity index (χ1v) is 5.49. The van der Waals surface area contributed by atoms with Crippen molar-refractivity contribution in [2.24, 2.45) is 0 Å². The SMILES string of the molecule is Cc1cc(S)c(S(=O)(=O)O)cc1C. The second-order valence-electron chi connectivity index (χ2n) is 2.88. The van der Waals surface area contributed by atoms with E-state index in [0.717, 1.165) is 11.1 Å². The summed E-state index contributed by atoms with van der Waals surface area (Å²) in [4.78, 5) is 0.129. The standard InChI is InChI=1S/C8H10O3S2/c1-5-3-7(12)8(4-6(5)2)13(9,10)11/h3-4,12H,1-2H3,(H,9,10,11). The second-order valence-corrected chi connectivity index (χ2v) is 4.75. The number of aryl methyl sites for hydroxylation is 2. The van der Waals surface area contributed by atoms with Crippen LogP contribution in [0.4, 0.5) is 0 Å². The summed E-state index contributed by atoms with van der Waals surface area (Å²) in [6, 6.07) is 3.02. The third-order valence-corrected chi connectivity index (χ3v) is 3.27. The molecule has 0 saturated heterocycles. The molecule has 13 heavy (non-hydrogen) atoms. The van der Waals surface area contributed by atoms with Gasteiger partial charge in [-0.1, -0.05) is 0 Å². The van der Waals surface area contributed by atoms with E-state index in [2.05, 4.69) is 12.6 Å². The molecule has 0 bridgehead atoms. The van der Waals surface area contributed by atoms with Crippen LogP contribution in [0.3, 0.4) is 0 Å². The van der Waals surface area contributed by atoms with Gasteiger partial charge in [-0.3, -0.25) is 4.55 Å². The number of benzene rings is 1. The van der Waals surface area contributed by atoms with Gasteiger partial charge in [0.1, 0.15) is 4.90 Å². The van der Waals surface area contributed by atoms with Gasteiger partial charge in [-0.05, 0) is 37.1 Å². The highest BCUT2D eigenvalue weighted by Gasteiger charge is 2.14. The Bertz CT molecular complexity index is 435. The summed E-state index contributed by atoms with van der Waals surface area (Å²) in [7, 11) is -4.15. The van der Waals surface area contributed by atoms with Crippen LogP contribution >= 0.6 is 12.6 Å². The third kappa shape index (κ3) is 2.24. The molecule has 0 unspecified atom stereocenters. The summed E-state index contributed by atoms with van der Waals surface area (Å²) >= 11 is 3.97. The maximum atomic E-state index is 10.8. The molecular weight excluding hydrogens is 208 g/mol. The summed E-state index contributed by atoms with van der Waals surface area (Å²) in [5.41, 5.74) is 1.75. The minimum atomic E-state index is -4.15. The Labute approximate surface area is 82.9 Å². The molecule has 0 heterocycles. The molecule has 1 aromatic carbocycles. The molecule has 0 spiro atoms. The van der Waals surface area contributed by atoms with Crippen LogP contribution in [0.2, 0.25) is 0 Å². The van der Waals surface area contributed by atoms with Gasteiger partial charge in [0.25, 0.3) is 10.1 Å². The van der Waals surface area contributed by atoms with Crippen LogP contribution in [0.1, 0.15) is 11.1 Å². The topological polar surface area (TPSA) is 54.4 Å². The van der Waals surface area contributed by atoms with Crippen molar-refractivity contribution in [2.45, 2.75) is 23.6 Å². The monoisotopic (exact) mass is 218 g/mol. The normalized spacial score (nSPS) is 11.7. The first-order valence-electron chi connectivity index (χ1n) is 3.60. The molecule has 5 heteroatoms. The Morgan fingerprint density at radius 2 is 1.69 bits per heavy atom. The Balaban J connectivity index is 3.50. The van der Waals surface area contributed by atoms with Crippen molar-refractivity contribution < 1.29 is 13.0 Å². The predicted octanol–water partition coefficient (Wildman–Crippen LogP) is 1.84. The molecule has 0 aliphatic rings. The smallest absolute Gasteiger partial charge is 0.282 e. The van der Waals surface area contributed by atoms with Crippen molar-refractivity contribution in [3.8, 4) is 0 Å². The van der Waals surface area contributed by atoms with Gasteiger partial charge in [0, 0.05) is 4.90 Å². The molecule has 3 nitrogen and oxygen atoms in total. The van der Waals surface area contributed by atoms with Crippen molar-refractivity contribution in [2.75, 3.05) is 0 Å². The maximum Gasteiger partial charge on any atom is 0.295 e. The first kappa shape index (κ1) is 10.6. The van der Waals surface area contributed by atoms with Crippen LogP contribution in [0.15, 0.2) is 21.9 Å². The fourth-order valence-electron chi connectivity index (χ4n) is 0.981. The Morgan fingerprint density at radius 3 is 2.15 bits per heavy atom. The summed E-state index contributed by atoms with van der Waals surface area (Å²) in [6.45, 7) is 3.63. The quantitative estimate of drug-likeness (QED) is 0.558. The predicted molar refractivity (Wildman–Crippen MR) is 53.0 cm³/mol. The largest absolute Gasteiger partial charge is 0.295 e. The van der Waals surface area contributed by atoms with Gasteiger partial charge in [0.05, 0.1) is 0 Å². The lowest BCUT2D eigenvalue weighted by atomic mass is 10.1. The van der Waals surface area contributed by atoms with E-state index in [1.165, 1.54) is 6.07 Å². The van der Waals surface area contributed by atoms with E-state index in [9.17, 15) is 8.42 Å². The van der Waals surface area contributed by atoms with E-state index in [0.29, 0.717) is 0 Å². The molecule has 1 aromatic rings. The minimum absolute atomic E-state index is 0.140. The lowest BCUT2D eigenvalue weighted by Gasteiger charge is -2.05. The number of hydrogen-bond donors (Lipinski definition) is 2. The summed E-state index contributed by atoms with van der Waals surface area (Å²) in [6.07, 6.45) is 0. The molecule has 72 valence electrons. The van der Waals surface area contributed by atoms with Crippen LogP contribution in [-0.2, 0) is 10.1 Å². The van der Waals surface area contributed by atoms with E-state index in [4.69, 9.17) is 4.55 Å². The zero-order chi connectivity index (χ0) is 10.2. The van der Waals surface area contributed by atoms with E-state index < -0.39 is 10.1 Å². The molecule has 0 aliphatic heterocycles. The van der Waals surface area contributed by atoms with Crippen molar-refractivity contribution in [1.29, 1.82) is 0 Å². The molecule has 0 aliphatic carbocycles. The first-order chi connectivity index (χ1) is 5.82. The minimum Gasteiger partial charge on any atom is -0.282 e. The highest BCUT2D eigenvalue weighted by Crippen LogP contribution is 2.23. The fraction of sp³-hybridized carbons (Fsp3) is 0.250. The number of thiol groups is 1. The molecule has 0 radical (unpaired) electrons. The van der Waals surface area contributed by atoms with Crippen LogP contribution in [-0.4, -0.2) is 13.0 Å². The average Bonchev–Trinajstić information content (AvgIpc) is 1.94. The van der Waals surface area contributed by atoms with E-state index >= 15 is 0 Å². The highest BCUT2D eigenvalue weighted by molar-refractivity contribution is 7.87. The molecule has 0 saturated carbocycles. The molecular formula is C8H10O3S2. The van der Waals surface area contributed by atoms with E-state index in [1.807, 2.05) is 6.92 Å². The fourth-order valence-corrected chi connectivity index (χ4v) is 2.23. The van der Waals surface area contributed by atoms with Crippen molar-refractivity contribution >= 4 is 22.7 Å². The summed E-state index contributed by atoms with van der Waals surface area (Å²) in [5, 5.41) is 0. The molecule has 1 N–H and O–H groups in total.